The zero-order valence-corrected chi connectivity index (χ0v) is 14.5. The van der Waals surface area contributed by atoms with Crippen LogP contribution >= 0.6 is 0 Å². The monoisotopic (exact) mass is 348 g/mol. The molecule has 1 aromatic heterocycles. The number of nitrogens with one attached hydrogen (secondary N) is 1. The van der Waals surface area contributed by atoms with E-state index >= 15 is 0 Å². The van der Waals surface area contributed by atoms with Crippen LogP contribution in [0.4, 0.5) is 17.3 Å². The van der Waals surface area contributed by atoms with Gasteiger partial charge in [-0.05, 0) is 38.5 Å². The molecule has 1 aliphatic heterocycles. The molecule has 1 unspecified atom stereocenters. The first-order valence-electron chi connectivity index (χ1n) is 7.95. The van der Waals surface area contributed by atoms with E-state index in [1.807, 2.05) is 13.8 Å². The Morgan fingerprint density at radius 3 is 2.73 bits per heavy atom. The van der Waals surface area contributed by atoms with Gasteiger partial charge in [-0.15, -0.1) is 0 Å². The van der Waals surface area contributed by atoms with Gasteiger partial charge in [0.05, 0.1) is 16.7 Å². The predicted molar refractivity (Wildman–Crippen MR) is 98.3 cm³/mol. The number of nitro benzene ring substituents is 1. The lowest BCUT2D eigenvalue weighted by molar-refractivity contribution is -0.385. The zero-order valence-electron chi connectivity index (χ0n) is 14.5. The maximum Gasteiger partial charge on any atom is 0.274 e. The molecule has 0 aliphatic carbocycles. The lowest BCUT2D eigenvalue weighted by Gasteiger charge is -2.10. The van der Waals surface area contributed by atoms with Crippen molar-refractivity contribution in [3.63, 3.8) is 0 Å². The largest absolute Gasteiger partial charge is 0.324 e. The number of hydrogen-bond acceptors (Lipinski definition) is 7. The second-order valence-electron chi connectivity index (χ2n) is 5.95. The highest BCUT2D eigenvalue weighted by atomic mass is 16.6. The predicted octanol–water partition coefficient (Wildman–Crippen LogP) is 3.58. The van der Waals surface area contributed by atoms with Crippen molar-refractivity contribution in [1.82, 2.24) is 9.97 Å². The lowest BCUT2D eigenvalue weighted by Crippen LogP contribution is -2.05. The third kappa shape index (κ3) is 3.15. The van der Waals surface area contributed by atoms with E-state index in [9.17, 15) is 10.1 Å². The first-order valence-corrected chi connectivity index (χ1v) is 7.95. The summed E-state index contributed by atoms with van der Waals surface area (Å²) >= 11 is 0. The summed E-state index contributed by atoms with van der Waals surface area (Å²) in [5, 5.41) is 23.2. The van der Waals surface area contributed by atoms with Crippen LogP contribution in [0.2, 0.25) is 0 Å². The number of anilines is 2. The first kappa shape index (κ1) is 17.2. The Hall–Kier alpha value is -3.60. The minimum absolute atomic E-state index is 0.0289. The summed E-state index contributed by atoms with van der Waals surface area (Å²) in [5.74, 6) is 0.318. The fraction of sp³-hybridized carbons (Fsp3) is 0.222. The van der Waals surface area contributed by atoms with Crippen LogP contribution in [0.3, 0.4) is 0 Å². The number of aliphatic imine (C=N–C) groups is 1. The molecule has 2 aromatic rings. The molecular weight excluding hydrogens is 332 g/mol. The third-order valence-corrected chi connectivity index (χ3v) is 4.20. The van der Waals surface area contributed by atoms with Gasteiger partial charge in [0.25, 0.3) is 5.69 Å². The molecule has 3 rings (SSSR count). The third-order valence-electron chi connectivity index (χ3n) is 4.20. The van der Waals surface area contributed by atoms with Crippen LogP contribution in [0, 0.1) is 28.4 Å². The Labute approximate surface area is 150 Å². The lowest BCUT2D eigenvalue weighted by atomic mass is 10.0. The Bertz CT molecular complexity index is 1000. The summed E-state index contributed by atoms with van der Waals surface area (Å²) < 4.78 is 0. The van der Waals surface area contributed by atoms with Crippen molar-refractivity contribution in [2.75, 3.05) is 5.32 Å². The summed E-state index contributed by atoms with van der Waals surface area (Å²) in [6.45, 7) is 5.43. The molecule has 8 nitrogen and oxygen atoms in total. The Morgan fingerprint density at radius 2 is 2.08 bits per heavy atom. The van der Waals surface area contributed by atoms with Gasteiger partial charge in [-0.25, -0.2) is 9.97 Å². The summed E-state index contributed by atoms with van der Waals surface area (Å²) in [6, 6.07) is 8.54. The molecule has 0 saturated heterocycles. The molecule has 1 N–H and O–H groups in total. The summed E-state index contributed by atoms with van der Waals surface area (Å²) in [4.78, 5) is 23.6. The number of hydrogen-bond donors (Lipinski definition) is 1. The van der Waals surface area contributed by atoms with Crippen LogP contribution in [0.5, 0.6) is 0 Å². The average molecular weight is 348 g/mol. The van der Waals surface area contributed by atoms with Gasteiger partial charge in [0.2, 0.25) is 5.95 Å². The quantitative estimate of drug-likeness (QED) is 0.666. The molecule has 0 saturated carbocycles. The van der Waals surface area contributed by atoms with Crippen LogP contribution in [0.15, 0.2) is 41.0 Å². The van der Waals surface area contributed by atoms with Crippen molar-refractivity contribution >= 4 is 28.6 Å². The number of nitro groups is 1. The molecule has 1 aromatic carbocycles. The topological polar surface area (TPSA) is 117 Å². The second kappa shape index (κ2) is 6.72. The Balaban J connectivity index is 1.93. The van der Waals surface area contributed by atoms with Gasteiger partial charge < -0.3 is 5.32 Å². The van der Waals surface area contributed by atoms with Gasteiger partial charge in [-0.3, -0.25) is 15.1 Å². The molecule has 26 heavy (non-hydrogen) atoms. The van der Waals surface area contributed by atoms with E-state index in [4.69, 9.17) is 5.26 Å². The standard InChI is InChI=1S/C18H16N6O2/c1-10-4-5-13(8-16(10)24(25)26)22-18-20-7-6-14(23-18)17-11(2)15(9-19)21-12(17)3/h4-8,12H,1-3H3,(H,20,22,23). The number of rotatable bonds is 4. The second-order valence-corrected chi connectivity index (χ2v) is 5.95. The van der Waals surface area contributed by atoms with E-state index in [1.54, 1.807) is 31.3 Å². The molecule has 1 aliphatic rings. The van der Waals surface area contributed by atoms with Gasteiger partial charge in [-0.2, -0.15) is 5.26 Å². The summed E-state index contributed by atoms with van der Waals surface area (Å²) in [6.07, 6.45) is 1.60. The van der Waals surface area contributed by atoms with Crippen LogP contribution in [-0.4, -0.2) is 26.6 Å². The first-order chi connectivity index (χ1) is 12.4. The molecule has 2 heterocycles. The molecule has 1 atom stereocenters. The molecule has 0 spiro atoms. The van der Waals surface area contributed by atoms with Gasteiger partial charge in [0.15, 0.2) is 0 Å². The van der Waals surface area contributed by atoms with Gasteiger partial charge in [0, 0.05) is 29.1 Å². The minimum atomic E-state index is -0.424. The van der Waals surface area contributed by atoms with Crippen LogP contribution in [-0.2, 0) is 0 Å². The minimum Gasteiger partial charge on any atom is -0.324 e. The molecule has 130 valence electrons. The number of benzene rings is 1. The summed E-state index contributed by atoms with van der Waals surface area (Å²) in [5.41, 5.74) is 3.90. The van der Waals surface area contributed by atoms with Crippen molar-refractivity contribution < 1.29 is 4.92 Å². The maximum atomic E-state index is 11.1. The highest BCUT2D eigenvalue weighted by Gasteiger charge is 2.24. The van der Waals surface area contributed by atoms with Crippen LogP contribution in [0.1, 0.15) is 25.1 Å². The Morgan fingerprint density at radius 1 is 1.31 bits per heavy atom. The fourth-order valence-electron chi connectivity index (χ4n) is 2.90. The molecular formula is C18H16N6O2. The smallest absolute Gasteiger partial charge is 0.274 e. The van der Waals surface area contributed by atoms with Crippen LogP contribution in [0.25, 0.3) is 5.57 Å². The number of aryl methyl sites for hydroxylation is 1. The maximum absolute atomic E-state index is 11.1. The molecule has 0 amide bonds. The Kier molecular flexibility index (Phi) is 4.45. The number of aromatic nitrogens is 2. The van der Waals surface area contributed by atoms with Crippen molar-refractivity contribution in [2.24, 2.45) is 4.99 Å². The van der Waals surface area contributed by atoms with E-state index in [0.717, 1.165) is 11.1 Å². The van der Waals surface area contributed by atoms with Crippen LogP contribution < -0.4 is 5.32 Å². The summed E-state index contributed by atoms with van der Waals surface area (Å²) in [7, 11) is 0. The van der Waals surface area contributed by atoms with Crippen molar-refractivity contribution in [2.45, 2.75) is 26.8 Å². The van der Waals surface area contributed by atoms with E-state index in [2.05, 4.69) is 26.3 Å². The van der Waals surface area contributed by atoms with Crippen molar-refractivity contribution in [1.29, 1.82) is 5.26 Å². The van der Waals surface area contributed by atoms with Gasteiger partial charge in [0.1, 0.15) is 11.8 Å². The van der Waals surface area contributed by atoms with Crippen molar-refractivity contribution in [3.05, 3.63) is 57.4 Å². The fourth-order valence-corrected chi connectivity index (χ4v) is 2.90. The van der Waals surface area contributed by atoms with Gasteiger partial charge in [-0.1, -0.05) is 6.07 Å². The van der Waals surface area contributed by atoms with E-state index in [1.165, 1.54) is 6.07 Å². The zero-order chi connectivity index (χ0) is 18.8. The number of allylic oxidation sites excluding steroid dienone is 1. The van der Waals surface area contributed by atoms with E-state index < -0.39 is 4.92 Å². The molecule has 0 bridgehead atoms. The molecule has 0 radical (unpaired) electrons. The van der Waals surface area contributed by atoms with Gasteiger partial charge >= 0.3 is 0 Å². The normalized spacial score (nSPS) is 16.2. The molecule has 8 heteroatoms. The van der Waals surface area contributed by atoms with E-state index in [0.29, 0.717) is 28.6 Å². The highest BCUT2D eigenvalue weighted by molar-refractivity contribution is 6.18. The SMILES string of the molecule is CC1=C(c2ccnc(Nc3ccc(C)c([N+](=O)[O-])c3)n2)C(C)N=C1C#N. The van der Waals surface area contributed by atoms with E-state index in [-0.39, 0.29) is 11.7 Å². The van der Waals surface area contributed by atoms with Crippen molar-refractivity contribution in [3.8, 4) is 6.07 Å². The molecule has 0 fully saturated rings. The number of nitriles is 1. The number of nitrogens with zero attached hydrogens (tertiary/aromatic N) is 5. The average Bonchev–Trinajstić information content (AvgIpc) is 2.90. The highest BCUT2D eigenvalue weighted by Crippen LogP contribution is 2.30.